The van der Waals surface area contributed by atoms with E-state index in [1.54, 1.807) is 6.07 Å². The second kappa shape index (κ2) is 9.39. The first kappa shape index (κ1) is 17.5. The number of hydrogen-bond acceptors (Lipinski definition) is 4. The highest BCUT2D eigenvalue weighted by Gasteiger charge is 2.09. The van der Waals surface area contributed by atoms with Gasteiger partial charge in [0.2, 0.25) is 5.91 Å². The zero-order valence-electron chi connectivity index (χ0n) is 12.5. The number of amides is 1. The Bertz CT molecular complexity index is 462. The van der Waals surface area contributed by atoms with Crippen LogP contribution in [0.3, 0.4) is 0 Å². The van der Waals surface area contributed by atoms with Crippen molar-refractivity contribution in [2.75, 3.05) is 5.75 Å². The van der Waals surface area contributed by atoms with Gasteiger partial charge in [-0.05, 0) is 25.5 Å². The summed E-state index contributed by atoms with van der Waals surface area (Å²) in [5.74, 6) is -0.733. The summed E-state index contributed by atoms with van der Waals surface area (Å²) in [5, 5.41) is 12.4. The third-order valence-corrected chi connectivity index (χ3v) is 3.93. The van der Waals surface area contributed by atoms with Gasteiger partial charge in [-0.25, -0.2) is 9.78 Å². The fourth-order valence-corrected chi connectivity index (χ4v) is 2.47. The number of carboxylic acids is 1. The van der Waals surface area contributed by atoms with Crippen molar-refractivity contribution in [2.24, 2.45) is 0 Å². The first-order chi connectivity index (χ1) is 10.0. The van der Waals surface area contributed by atoms with Gasteiger partial charge in [-0.2, -0.15) is 0 Å². The molecule has 1 amide bonds. The summed E-state index contributed by atoms with van der Waals surface area (Å²) in [7, 11) is 0. The minimum atomic E-state index is -1.00. The van der Waals surface area contributed by atoms with E-state index in [-0.39, 0.29) is 23.3 Å². The number of carbonyl (C=O) groups excluding carboxylic acids is 1. The number of rotatable bonds is 9. The largest absolute Gasteiger partial charge is 0.478 e. The lowest BCUT2D eigenvalue weighted by molar-refractivity contribution is -0.119. The summed E-state index contributed by atoms with van der Waals surface area (Å²) in [4.78, 5) is 26.5. The van der Waals surface area contributed by atoms with Crippen molar-refractivity contribution in [3.8, 4) is 0 Å². The smallest absolute Gasteiger partial charge is 0.337 e. The molecule has 21 heavy (non-hydrogen) atoms. The van der Waals surface area contributed by atoms with E-state index in [9.17, 15) is 9.59 Å². The maximum atomic E-state index is 11.8. The standard InChI is InChI=1S/C15H22N2O3S/c1-3-4-5-6-11(2)17-13(18)10-21-14-8-7-12(9-16-14)15(19)20/h7-9,11H,3-6,10H2,1-2H3,(H,17,18)(H,19,20). The third kappa shape index (κ3) is 7.13. The van der Waals surface area contributed by atoms with Gasteiger partial charge in [0.05, 0.1) is 16.3 Å². The highest BCUT2D eigenvalue weighted by molar-refractivity contribution is 7.99. The molecule has 0 spiro atoms. The van der Waals surface area contributed by atoms with Gasteiger partial charge in [-0.3, -0.25) is 4.79 Å². The Kier molecular flexibility index (Phi) is 7.82. The zero-order chi connectivity index (χ0) is 15.7. The first-order valence-corrected chi connectivity index (χ1v) is 8.13. The molecule has 1 aromatic heterocycles. The van der Waals surface area contributed by atoms with E-state index in [0.717, 1.165) is 12.8 Å². The summed E-state index contributed by atoms with van der Waals surface area (Å²) in [6.45, 7) is 4.17. The van der Waals surface area contributed by atoms with E-state index in [1.165, 1.54) is 36.9 Å². The van der Waals surface area contributed by atoms with Crippen LogP contribution in [0.2, 0.25) is 0 Å². The van der Waals surface area contributed by atoms with E-state index in [2.05, 4.69) is 17.2 Å². The fourth-order valence-electron chi connectivity index (χ4n) is 1.82. The lowest BCUT2D eigenvalue weighted by Gasteiger charge is -2.13. The van der Waals surface area contributed by atoms with Crippen LogP contribution < -0.4 is 5.32 Å². The normalized spacial score (nSPS) is 11.9. The van der Waals surface area contributed by atoms with Gasteiger partial charge in [-0.1, -0.05) is 37.9 Å². The van der Waals surface area contributed by atoms with E-state index >= 15 is 0 Å². The number of thioether (sulfide) groups is 1. The Balaban J connectivity index is 2.30. The molecule has 6 heteroatoms. The summed E-state index contributed by atoms with van der Waals surface area (Å²) < 4.78 is 0. The Morgan fingerprint density at radius 1 is 1.38 bits per heavy atom. The van der Waals surface area contributed by atoms with Crippen molar-refractivity contribution in [1.29, 1.82) is 0 Å². The molecule has 0 saturated heterocycles. The number of hydrogen-bond donors (Lipinski definition) is 2. The number of nitrogens with one attached hydrogen (secondary N) is 1. The van der Waals surface area contributed by atoms with Crippen molar-refractivity contribution < 1.29 is 14.7 Å². The molecule has 1 unspecified atom stereocenters. The van der Waals surface area contributed by atoms with Crippen LogP contribution in [-0.4, -0.2) is 33.8 Å². The lowest BCUT2D eigenvalue weighted by Crippen LogP contribution is -2.33. The molecule has 0 saturated carbocycles. The second-order valence-corrected chi connectivity index (χ2v) is 5.94. The van der Waals surface area contributed by atoms with Crippen molar-refractivity contribution in [3.63, 3.8) is 0 Å². The van der Waals surface area contributed by atoms with E-state index in [4.69, 9.17) is 5.11 Å². The molecule has 5 nitrogen and oxygen atoms in total. The quantitative estimate of drug-likeness (QED) is 0.541. The van der Waals surface area contributed by atoms with Gasteiger partial charge in [0, 0.05) is 12.2 Å². The predicted molar refractivity (Wildman–Crippen MR) is 83.7 cm³/mol. The minimum absolute atomic E-state index is 0.0203. The minimum Gasteiger partial charge on any atom is -0.478 e. The highest BCUT2D eigenvalue weighted by atomic mass is 32.2. The average Bonchev–Trinajstić information content (AvgIpc) is 2.46. The molecule has 1 aromatic rings. The topological polar surface area (TPSA) is 79.3 Å². The van der Waals surface area contributed by atoms with E-state index < -0.39 is 5.97 Å². The lowest BCUT2D eigenvalue weighted by atomic mass is 10.1. The SMILES string of the molecule is CCCCCC(C)NC(=O)CSc1ccc(C(=O)O)cn1. The predicted octanol–water partition coefficient (Wildman–Crippen LogP) is 2.96. The molecule has 0 aliphatic heterocycles. The molecule has 116 valence electrons. The molecule has 0 aliphatic rings. The molecule has 1 atom stereocenters. The van der Waals surface area contributed by atoms with E-state index in [0.29, 0.717) is 5.03 Å². The molecule has 1 rings (SSSR count). The molecule has 1 heterocycles. The number of unbranched alkanes of at least 4 members (excludes halogenated alkanes) is 2. The van der Waals surface area contributed by atoms with Crippen LogP contribution in [0.1, 0.15) is 49.9 Å². The van der Waals surface area contributed by atoms with Gasteiger partial charge in [0.1, 0.15) is 0 Å². The van der Waals surface area contributed by atoms with Crippen LogP contribution in [0.15, 0.2) is 23.4 Å². The van der Waals surface area contributed by atoms with Crippen LogP contribution in [-0.2, 0) is 4.79 Å². The number of pyridine rings is 1. The molecule has 0 aromatic carbocycles. The van der Waals surface area contributed by atoms with E-state index in [1.807, 2.05) is 6.92 Å². The van der Waals surface area contributed by atoms with Crippen molar-refractivity contribution in [3.05, 3.63) is 23.9 Å². The van der Waals surface area contributed by atoms with Crippen molar-refractivity contribution >= 4 is 23.6 Å². The van der Waals surface area contributed by atoms with Crippen LogP contribution in [0, 0.1) is 0 Å². The average molecular weight is 310 g/mol. The molecule has 2 N–H and O–H groups in total. The number of nitrogens with zero attached hydrogens (tertiary/aromatic N) is 1. The monoisotopic (exact) mass is 310 g/mol. The Hall–Kier alpha value is -1.56. The van der Waals surface area contributed by atoms with Crippen LogP contribution in [0.4, 0.5) is 0 Å². The van der Waals surface area contributed by atoms with Crippen molar-refractivity contribution in [1.82, 2.24) is 10.3 Å². The zero-order valence-corrected chi connectivity index (χ0v) is 13.3. The number of carbonyl (C=O) groups is 2. The van der Waals surface area contributed by atoms with Crippen molar-refractivity contribution in [2.45, 2.75) is 50.6 Å². The summed E-state index contributed by atoms with van der Waals surface area (Å²) in [6, 6.07) is 3.29. The summed E-state index contributed by atoms with van der Waals surface area (Å²) in [6.07, 6.45) is 5.79. The maximum Gasteiger partial charge on any atom is 0.337 e. The molecular formula is C15H22N2O3S. The Morgan fingerprint density at radius 2 is 2.14 bits per heavy atom. The number of aromatic nitrogens is 1. The number of carboxylic acid groups (broad SMARTS) is 1. The molecule has 0 fully saturated rings. The van der Waals surface area contributed by atoms with Crippen LogP contribution in [0.25, 0.3) is 0 Å². The first-order valence-electron chi connectivity index (χ1n) is 7.14. The fraction of sp³-hybridized carbons (Fsp3) is 0.533. The summed E-state index contributed by atoms with van der Waals surface area (Å²) in [5.41, 5.74) is 0.147. The van der Waals surface area contributed by atoms with Crippen LogP contribution in [0.5, 0.6) is 0 Å². The molecule has 0 radical (unpaired) electrons. The van der Waals surface area contributed by atoms with Gasteiger partial charge >= 0.3 is 5.97 Å². The van der Waals surface area contributed by atoms with Gasteiger partial charge in [0.15, 0.2) is 0 Å². The molecule has 0 bridgehead atoms. The molecular weight excluding hydrogens is 288 g/mol. The van der Waals surface area contributed by atoms with Gasteiger partial charge in [0.25, 0.3) is 0 Å². The Labute approximate surface area is 129 Å². The van der Waals surface area contributed by atoms with Crippen LogP contribution >= 0.6 is 11.8 Å². The second-order valence-electron chi connectivity index (χ2n) is 4.94. The van der Waals surface area contributed by atoms with Gasteiger partial charge < -0.3 is 10.4 Å². The number of aromatic carboxylic acids is 1. The highest BCUT2D eigenvalue weighted by Crippen LogP contribution is 2.15. The summed E-state index contributed by atoms with van der Waals surface area (Å²) >= 11 is 1.30. The maximum absolute atomic E-state index is 11.8. The molecule has 0 aliphatic carbocycles. The Morgan fingerprint density at radius 3 is 2.71 bits per heavy atom. The third-order valence-electron chi connectivity index (χ3n) is 2.98. The van der Waals surface area contributed by atoms with Gasteiger partial charge in [-0.15, -0.1) is 0 Å².